The summed E-state index contributed by atoms with van der Waals surface area (Å²) in [5.74, 6) is 1.33. The largest absolute Gasteiger partial charge is 0.341 e. The highest BCUT2D eigenvalue weighted by Gasteiger charge is 2.69. The van der Waals surface area contributed by atoms with Gasteiger partial charge in [-0.05, 0) is 23.2 Å². The van der Waals surface area contributed by atoms with Gasteiger partial charge in [-0.15, -0.1) is 0 Å². The molecule has 0 aromatic rings. The summed E-state index contributed by atoms with van der Waals surface area (Å²) < 4.78 is 0. The van der Waals surface area contributed by atoms with Crippen LogP contribution in [-0.2, 0) is 4.79 Å². The second-order valence-corrected chi connectivity index (χ2v) is 7.33. The number of hydrogen-bond donors (Lipinski definition) is 1. The fourth-order valence-electron chi connectivity index (χ4n) is 4.01. The zero-order valence-electron chi connectivity index (χ0n) is 11.4. The lowest BCUT2D eigenvalue weighted by Crippen LogP contribution is -2.45. The Labute approximate surface area is 104 Å². The minimum Gasteiger partial charge on any atom is -0.341 e. The normalized spacial score (nSPS) is 38.2. The SMILES string of the molecule is CC1(C)C(C(=O)N2C[C@@H]3CN[C@@H](C3)C2)C1(C)C. The molecule has 0 spiro atoms. The number of hydrogen-bond acceptors (Lipinski definition) is 2. The van der Waals surface area contributed by atoms with Crippen LogP contribution in [0.2, 0.25) is 0 Å². The number of nitrogens with zero attached hydrogens (tertiary/aromatic N) is 1. The van der Waals surface area contributed by atoms with E-state index >= 15 is 0 Å². The van der Waals surface area contributed by atoms with E-state index in [9.17, 15) is 4.79 Å². The van der Waals surface area contributed by atoms with E-state index in [1.807, 2.05) is 0 Å². The molecule has 2 aliphatic heterocycles. The molecular weight excluding hydrogens is 212 g/mol. The first kappa shape index (κ1) is 11.5. The van der Waals surface area contributed by atoms with E-state index in [1.54, 1.807) is 0 Å². The van der Waals surface area contributed by atoms with Crippen molar-refractivity contribution in [1.29, 1.82) is 0 Å². The summed E-state index contributed by atoms with van der Waals surface area (Å²) in [7, 11) is 0. The fraction of sp³-hybridized carbons (Fsp3) is 0.929. The lowest BCUT2D eigenvalue weighted by molar-refractivity contribution is -0.135. The van der Waals surface area contributed by atoms with Crippen LogP contribution in [0.15, 0.2) is 0 Å². The van der Waals surface area contributed by atoms with Gasteiger partial charge in [0.2, 0.25) is 5.91 Å². The summed E-state index contributed by atoms with van der Waals surface area (Å²) in [6.45, 7) is 11.9. The monoisotopic (exact) mass is 236 g/mol. The molecule has 3 fully saturated rings. The molecule has 1 N–H and O–H groups in total. The van der Waals surface area contributed by atoms with Gasteiger partial charge in [0.25, 0.3) is 0 Å². The van der Waals surface area contributed by atoms with E-state index in [-0.39, 0.29) is 16.7 Å². The van der Waals surface area contributed by atoms with Gasteiger partial charge >= 0.3 is 0 Å². The number of carbonyl (C=O) groups is 1. The Bertz CT molecular complexity index is 335. The third-order valence-corrected chi connectivity index (χ3v) is 5.81. The van der Waals surface area contributed by atoms with Crippen LogP contribution >= 0.6 is 0 Å². The maximum absolute atomic E-state index is 12.6. The molecule has 0 radical (unpaired) electrons. The first-order chi connectivity index (χ1) is 7.84. The van der Waals surface area contributed by atoms with Crippen molar-refractivity contribution < 1.29 is 4.79 Å². The Balaban J connectivity index is 1.72. The molecule has 3 rings (SSSR count). The minimum absolute atomic E-state index is 0.175. The average Bonchev–Trinajstić information content (AvgIpc) is 2.53. The Morgan fingerprint density at radius 1 is 1.18 bits per heavy atom. The summed E-state index contributed by atoms with van der Waals surface area (Å²) in [6, 6.07) is 0.558. The molecule has 17 heavy (non-hydrogen) atoms. The van der Waals surface area contributed by atoms with Gasteiger partial charge in [0.05, 0.1) is 0 Å². The van der Waals surface area contributed by atoms with Crippen LogP contribution < -0.4 is 5.32 Å². The van der Waals surface area contributed by atoms with Crippen molar-refractivity contribution >= 4 is 5.91 Å². The third-order valence-electron chi connectivity index (χ3n) is 5.81. The first-order valence-corrected chi connectivity index (χ1v) is 6.86. The molecular formula is C14H24N2O. The van der Waals surface area contributed by atoms with Crippen LogP contribution in [0.1, 0.15) is 34.1 Å². The molecule has 3 nitrogen and oxygen atoms in total. The third kappa shape index (κ3) is 1.48. The highest BCUT2D eigenvalue weighted by atomic mass is 16.2. The Morgan fingerprint density at radius 2 is 1.82 bits per heavy atom. The van der Waals surface area contributed by atoms with Crippen molar-refractivity contribution in [1.82, 2.24) is 10.2 Å². The molecule has 96 valence electrons. The lowest BCUT2D eigenvalue weighted by atomic mass is 9.99. The van der Waals surface area contributed by atoms with Crippen LogP contribution in [0.4, 0.5) is 0 Å². The summed E-state index contributed by atoms with van der Waals surface area (Å²) in [5.41, 5.74) is 0.349. The minimum atomic E-state index is 0.175. The molecule has 0 aromatic carbocycles. The molecule has 0 unspecified atom stereocenters. The van der Waals surface area contributed by atoms with Gasteiger partial charge in [0.1, 0.15) is 0 Å². The van der Waals surface area contributed by atoms with Crippen LogP contribution in [0.5, 0.6) is 0 Å². The predicted octanol–water partition coefficient (Wildman–Crippen LogP) is 1.49. The number of rotatable bonds is 1. The molecule has 1 amide bonds. The van der Waals surface area contributed by atoms with Crippen LogP contribution in [0, 0.1) is 22.7 Å². The van der Waals surface area contributed by atoms with Crippen LogP contribution in [0.3, 0.4) is 0 Å². The summed E-state index contributed by atoms with van der Waals surface area (Å²) in [6.07, 6.45) is 1.27. The van der Waals surface area contributed by atoms with Gasteiger partial charge in [-0.2, -0.15) is 0 Å². The van der Waals surface area contributed by atoms with E-state index in [1.165, 1.54) is 6.42 Å². The lowest BCUT2D eigenvalue weighted by Gasteiger charge is -2.31. The molecule has 1 aliphatic carbocycles. The van der Waals surface area contributed by atoms with Gasteiger partial charge in [-0.25, -0.2) is 0 Å². The fourth-order valence-corrected chi connectivity index (χ4v) is 4.01. The summed E-state index contributed by atoms with van der Waals surface area (Å²) in [5, 5.41) is 3.51. The number of fused-ring (bicyclic) bond motifs is 2. The van der Waals surface area contributed by atoms with Crippen molar-refractivity contribution in [3.63, 3.8) is 0 Å². The second kappa shape index (κ2) is 3.25. The van der Waals surface area contributed by atoms with E-state index in [4.69, 9.17) is 0 Å². The van der Waals surface area contributed by atoms with Crippen molar-refractivity contribution in [3.05, 3.63) is 0 Å². The van der Waals surface area contributed by atoms with E-state index in [0.29, 0.717) is 17.9 Å². The molecule has 2 atom stereocenters. The van der Waals surface area contributed by atoms with Crippen LogP contribution in [0.25, 0.3) is 0 Å². The number of likely N-dealkylation sites (tertiary alicyclic amines) is 1. The molecule has 2 saturated heterocycles. The number of piperidine rings is 1. The molecule has 2 bridgehead atoms. The summed E-state index contributed by atoms with van der Waals surface area (Å²) in [4.78, 5) is 14.7. The molecule has 3 aliphatic rings. The highest BCUT2D eigenvalue weighted by Crippen LogP contribution is 2.68. The zero-order chi connectivity index (χ0) is 12.4. The number of nitrogens with one attached hydrogen (secondary N) is 1. The molecule has 3 heteroatoms. The Morgan fingerprint density at radius 3 is 2.35 bits per heavy atom. The van der Waals surface area contributed by atoms with Crippen LogP contribution in [-0.4, -0.2) is 36.5 Å². The number of amides is 1. The highest BCUT2D eigenvalue weighted by molar-refractivity contribution is 5.84. The standard InChI is InChI=1S/C14H24N2O/c1-13(2)11(14(13,3)4)12(17)16-7-9-5-10(8-16)15-6-9/h9-11,15H,5-8H2,1-4H3/t9-,10-/m0/s1. The Kier molecular flexibility index (Phi) is 2.20. The number of carbonyl (C=O) groups excluding carboxylic acids is 1. The van der Waals surface area contributed by atoms with Gasteiger partial charge in [-0.1, -0.05) is 27.7 Å². The second-order valence-electron chi connectivity index (χ2n) is 7.33. The zero-order valence-corrected chi connectivity index (χ0v) is 11.4. The van der Waals surface area contributed by atoms with Gasteiger partial charge in [0, 0.05) is 31.6 Å². The quantitative estimate of drug-likeness (QED) is 0.748. The van der Waals surface area contributed by atoms with Gasteiger partial charge in [0.15, 0.2) is 0 Å². The smallest absolute Gasteiger partial charge is 0.226 e. The van der Waals surface area contributed by atoms with E-state index in [2.05, 4.69) is 37.9 Å². The molecule has 2 heterocycles. The van der Waals surface area contributed by atoms with E-state index < -0.39 is 0 Å². The van der Waals surface area contributed by atoms with Gasteiger partial charge in [-0.3, -0.25) is 4.79 Å². The maximum atomic E-state index is 12.6. The predicted molar refractivity (Wildman–Crippen MR) is 67.5 cm³/mol. The average molecular weight is 236 g/mol. The van der Waals surface area contributed by atoms with Crippen molar-refractivity contribution in [2.45, 2.75) is 40.2 Å². The molecule has 0 aromatic heterocycles. The molecule has 1 saturated carbocycles. The van der Waals surface area contributed by atoms with Crippen molar-refractivity contribution in [3.8, 4) is 0 Å². The van der Waals surface area contributed by atoms with E-state index in [0.717, 1.165) is 19.6 Å². The van der Waals surface area contributed by atoms with Crippen molar-refractivity contribution in [2.24, 2.45) is 22.7 Å². The topological polar surface area (TPSA) is 32.3 Å². The summed E-state index contributed by atoms with van der Waals surface area (Å²) >= 11 is 0. The van der Waals surface area contributed by atoms with Gasteiger partial charge < -0.3 is 10.2 Å². The maximum Gasteiger partial charge on any atom is 0.226 e. The Hall–Kier alpha value is -0.570. The first-order valence-electron chi connectivity index (χ1n) is 6.86. The van der Waals surface area contributed by atoms with Crippen molar-refractivity contribution in [2.75, 3.05) is 19.6 Å².